The number of rotatable bonds is 20. The first kappa shape index (κ1) is 34.5. The third-order valence-electron chi connectivity index (χ3n) is 8.52. The van der Waals surface area contributed by atoms with E-state index in [2.05, 4.69) is 84.0 Å². The molecule has 3 aromatic rings. The Bertz CT molecular complexity index is 1230. The maximum atomic E-state index is 11.0. The fraction of sp³-hybridized carbons (Fsp3) is 0.550. The highest BCUT2D eigenvalue weighted by Gasteiger charge is 2.19. The van der Waals surface area contributed by atoms with Crippen LogP contribution in [-0.4, -0.2) is 17.3 Å². The van der Waals surface area contributed by atoms with Crippen LogP contribution in [0.25, 0.3) is 0 Å². The topological polar surface area (TPSA) is 38.7 Å². The van der Waals surface area contributed by atoms with Gasteiger partial charge < -0.3 is 14.6 Å². The summed E-state index contributed by atoms with van der Waals surface area (Å²) in [5.74, 6) is 2.37. The zero-order valence-corrected chi connectivity index (χ0v) is 28.0. The molecule has 2 unspecified atom stereocenters. The van der Waals surface area contributed by atoms with Gasteiger partial charge in [0.1, 0.15) is 23.4 Å². The molecule has 3 aromatic carbocycles. The Morgan fingerprint density at radius 1 is 0.512 bits per heavy atom. The van der Waals surface area contributed by atoms with Crippen molar-refractivity contribution in [3.8, 4) is 17.2 Å². The van der Waals surface area contributed by atoms with Gasteiger partial charge in [0, 0.05) is 18.4 Å². The Hall–Kier alpha value is -2.94. The summed E-state index contributed by atoms with van der Waals surface area (Å²) in [6.07, 6.45) is 15.1. The number of phenols is 1. The van der Waals surface area contributed by atoms with Gasteiger partial charge in [0.2, 0.25) is 0 Å². The molecule has 3 nitrogen and oxygen atoms in total. The number of benzene rings is 3. The molecule has 236 valence electrons. The molecule has 3 heteroatoms. The molecule has 0 aromatic heterocycles. The molecule has 2 atom stereocenters. The van der Waals surface area contributed by atoms with Crippen LogP contribution in [0, 0.1) is 0 Å². The van der Waals surface area contributed by atoms with Gasteiger partial charge in [-0.2, -0.15) is 0 Å². The van der Waals surface area contributed by atoms with Crippen LogP contribution in [0.15, 0.2) is 54.6 Å². The number of aromatic hydroxyl groups is 1. The van der Waals surface area contributed by atoms with Crippen molar-refractivity contribution in [3.63, 3.8) is 0 Å². The molecule has 0 aliphatic heterocycles. The van der Waals surface area contributed by atoms with Crippen LogP contribution in [-0.2, 0) is 38.5 Å². The number of hydrogen-bond donors (Lipinski definition) is 1. The Morgan fingerprint density at radius 3 is 1.42 bits per heavy atom. The van der Waals surface area contributed by atoms with Crippen molar-refractivity contribution in [1.82, 2.24) is 0 Å². The zero-order chi connectivity index (χ0) is 31.0. The first-order valence-corrected chi connectivity index (χ1v) is 17.3. The highest BCUT2D eigenvalue weighted by molar-refractivity contribution is 5.43. The van der Waals surface area contributed by atoms with Crippen molar-refractivity contribution in [2.24, 2.45) is 0 Å². The second kappa shape index (κ2) is 18.7. The van der Waals surface area contributed by atoms with Gasteiger partial charge in [-0.25, -0.2) is 0 Å². The number of phenolic OH excluding ortho intramolecular Hbond substituents is 1. The molecule has 0 fully saturated rings. The van der Waals surface area contributed by atoms with Crippen LogP contribution < -0.4 is 9.47 Å². The molecule has 0 saturated heterocycles. The number of hydrogen-bond acceptors (Lipinski definition) is 3. The van der Waals surface area contributed by atoms with Crippen molar-refractivity contribution in [2.75, 3.05) is 0 Å². The Kier molecular flexibility index (Phi) is 15.0. The summed E-state index contributed by atoms with van der Waals surface area (Å²) in [5.41, 5.74) is 7.69. The molecule has 0 spiro atoms. The maximum Gasteiger partial charge on any atom is 0.123 e. The van der Waals surface area contributed by atoms with Gasteiger partial charge in [0.25, 0.3) is 0 Å². The van der Waals surface area contributed by atoms with Crippen molar-refractivity contribution < 1.29 is 14.6 Å². The maximum absolute atomic E-state index is 11.0. The molecule has 43 heavy (non-hydrogen) atoms. The van der Waals surface area contributed by atoms with Crippen molar-refractivity contribution >= 4 is 0 Å². The molecular formula is C40H58O3. The lowest BCUT2D eigenvalue weighted by Crippen LogP contribution is -2.20. The van der Waals surface area contributed by atoms with E-state index in [9.17, 15) is 5.11 Å². The molecule has 3 rings (SSSR count). The summed E-state index contributed by atoms with van der Waals surface area (Å²) in [6, 6.07) is 19.0. The van der Waals surface area contributed by atoms with Gasteiger partial charge in [-0.1, -0.05) is 89.8 Å². The number of ether oxygens (including phenoxy) is 2. The van der Waals surface area contributed by atoms with Crippen LogP contribution in [0.3, 0.4) is 0 Å². The van der Waals surface area contributed by atoms with Gasteiger partial charge in [0.15, 0.2) is 0 Å². The van der Waals surface area contributed by atoms with Crippen LogP contribution in [0.5, 0.6) is 17.2 Å². The van der Waals surface area contributed by atoms with E-state index in [1.165, 1.54) is 67.2 Å². The highest BCUT2D eigenvalue weighted by Crippen LogP contribution is 2.31. The van der Waals surface area contributed by atoms with Crippen molar-refractivity contribution in [3.05, 3.63) is 88.0 Å². The Balaban J connectivity index is 1.77. The van der Waals surface area contributed by atoms with E-state index < -0.39 is 0 Å². The molecule has 0 bridgehead atoms. The van der Waals surface area contributed by atoms with E-state index in [1.807, 2.05) is 6.07 Å². The van der Waals surface area contributed by atoms with E-state index in [4.69, 9.17) is 9.47 Å². The molecule has 0 radical (unpaired) electrons. The first-order valence-electron chi connectivity index (χ1n) is 17.3. The smallest absolute Gasteiger partial charge is 0.123 e. The van der Waals surface area contributed by atoms with E-state index >= 15 is 0 Å². The van der Waals surface area contributed by atoms with Gasteiger partial charge in [-0.05, 0) is 111 Å². The minimum Gasteiger partial charge on any atom is -0.508 e. The first-order chi connectivity index (χ1) is 20.9. The summed E-state index contributed by atoms with van der Waals surface area (Å²) in [6.45, 7) is 13.3. The van der Waals surface area contributed by atoms with Gasteiger partial charge in [-0.15, -0.1) is 0 Å². The van der Waals surface area contributed by atoms with Gasteiger partial charge in [0.05, 0.1) is 6.10 Å². The normalized spacial score (nSPS) is 12.7. The fourth-order valence-electron chi connectivity index (χ4n) is 6.08. The summed E-state index contributed by atoms with van der Waals surface area (Å²) in [5, 5.41) is 11.0. The minimum absolute atomic E-state index is 0.0190. The molecule has 0 heterocycles. The lowest BCUT2D eigenvalue weighted by molar-refractivity contribution is 0.212. The van der Waals surface area contributed by atoms with Crippen molar-refractivity contribution in [1.29, 1.82) is 0 Å². The quantitative estimate of drug-likeness (QED) is 0.143. The fourth-order valence-corrected chi connectivity index (χ4v) is 6.08. The Labute approximate surface area is 263 Å². The van der Waals surface area contributed by atoms with Gasteiger partial charge in [-0.3, -0.25) is 0 Å². The number of unbranched alkanes of at least 4 members (excludes halogenated alkanes) is 4. The summed E-state index contributed by atoms with van der Waals surface area (Å²) < 4.78 is 13.3. The van der Waals surface area contributed by atoms with E-state index in [-0.39, 0.29) is 12.2 Å². The SMILES string of the molecule is CCCCc1cccc(OC(C)Cc2cccc(O)c2CC(C)Oc2cccc(CCCC)c2CCCC)c1CCCC. The lowest BCUT2D eigenvalue weighted by atomic mass is 9.95. The van der Waals surface area contributed by atoms with Crippen LogP contribution in [0.2, 0.25) is 0 Å². The van der Waals surface area contributed by atoms with Gasteiger partial charge >= 0.3 is 0 Å². The summed E-state index contributed by atoms with van der Waals surface area (Å²) in [7, 11) is 0. The lowest BCUT2D eigenvalue weighted by Gasteiger charge is -2.23. The molecule has 0 amide bonds. The molecule has 0 aliphatic carbocycles. The van der Waals surface area contributed by atoms with Crippen LogP contribution in [0.1, 0.15) is 126 Å². The van der Waals surface area contributed by atoms with E-state index in [0.29, 0.717) is 12.2 Å². The molecule has 1 N–H and O–H groups in total. The van der Waals surface area contributed by atoms with E-state index in [0.717, 1.165) is 61.2 Å². The third-order valence-corrected chi connectivity index (χ3v) is 8.52. The largest absolute Gasteiger partial charge is 0.508 e. The number of aryl methyl sites for hydroxylation is 2. The average molecular weight is 587 g/mol. The molecule has 0 aliphatic rings. The zero-order valence-electron chi connectivity index (χ0n) is 28.0. The average Bonchev–Trinajstić information content (AvgIpc) is 2.99. The Morgan fingerprint density at radius 2 is 0.930 bits per heavy atom. The second-order valence-corrected chi connectivity index (χ2v) is 12.4. The minimum atomic E-state index is -0.0685. The summed E-state index contributed by atoms with van der Waals surface area (Å²) >= 11 is 0. The highest BCUT2D eigenvalue weighted by atomic mass is 16.5. The third kappa shape index (κ3) is 10.6. The van der Waals surface area contributed by atoms with Crippen molar-refractivity contribution in [2.45, 2.75) is 144 Å². The molecular weight excluding hydrogens is 528 g/mol. The molecule has 0 saturated carbocycles. The summed E-state index contributed by atoms with van der Waals surface area (Å²) in [4.78, 5) is 0. The predicted molar refractivity (Wildman–Crippen MR) is 183 cm³/mol. The van der Waals surface area contributed by atoms with Crippen LogP contribution >= 0.6 is 0 Å². The van der Waals surface area contributed by atoms with Crippen LogP contribution in [0.4, 0.5) is 0 Å². The van der Waals surface area contributed by atoms with E-state index in [1.54, 1.807) is 6.07 Å². The monoisotopic (exact) mass is 586 g/mol. The standard InChI is InChI=1S/C40H58O3/c1-7-11-18-32-20-16-26-39(35(32)23-13-9-3)42-30(5)28-34-22-15-25-38(41)37(34)29-31(6)43-40-27-17-21-33(19-12-8-2)36(40)24-14-10-4/h15-17,20-22,25-27,30-31,41H,7-14,18-19,23-24,28-29H2,1-6H3. The predicted octanol–water partition coefficient (Wildman–Crippen LogP) is 10.8. The second-order valence-electron chi connectivity index (χ2n) is 12.4.